The van der Waals surface area contributed by atoms with Crippen molar-refractivity contribution in [3.63, 3.8) is 0 Å². The molecule has 0 atom stereocenters. The minimum atomic E-state index is -1.39. The van der Waals surface area contributed by atoms with E-state index in [0.29, 0.717) is 5.75 Å². The quantitative estimate of drug-likeness (QED) is 0.888. The Labute approximate surface area is 120 Å². The molecule has 0 saturated heterocycles. The molecule has 2 N–H and O–H groups in total. The molecule has 0 aliphatic heterocycles. The number of anilines is 1. The highest BCUT2D eigenvalue weighted by molar-refractivity contribution is 5.88. The summed E-state index contributed by atoms with van der Waals surface area (Å²) in [5.41, 5.74) is -0.0835. The molecule has 0 aromatic heterocycles. The monoisotopic (exact) mass is 293 g/mol. The van der Waals surface area contributed by atoms with E-state index < -0.39 is 23.2 Å². The highest BCUT2D eigenvalue weighted by Gasteiger charge is 2.14. The van der Waals surface area contributed by atoms with Crippen LogP contribution in [0.2, 0.25) is 0 Å². The molecule has 2 aromatic rings. The Hall–Kier alpha value is -2.63. The minimum Gasteiger partial charge on any atom is -0.496 e. The van der Waals surface area contributed by atoms with E-state index in [1.54, 1.807) is 24.3 Å². The van der Waals surface area contributed by atoms with E-state index in [-0.39, 0.29) is 12.2 Å². The molecule has 0 aliphatic carbocycles. The first-order chi connectivity index (χ1) is 10.0. The Morgan fingerprint density at radius 2 is 1.86 bits per heavy atom. The first-order valence-corrected chi connectivity index (χ1v) is 6.11. The molecule has 0 unspecified atom stereocenters. The van der Waals surface area contributed by atoms with Gasteiger partial charge in [0.25, 0.3) is 0 Å². The van der Waals surface area contributed by atoms with Crippen LogP contribution in [0.15, 0.2) is 36.4 Å². The normalized spacial score (nSPS) is 10.2. The van der Waals surface area contributed by atoms with Crippen LogP contribution in [0.3, 0.4) is 0 Å². The molecule has 4 nitrogen and oxygen atoms in total. The lowest BCUT2D eigenvalue weighted by Gasteiger charge is -2.12. The molecule has 2 aromatic carbocycles. The predicted molar refractivity (Wildman–Crippen MR) is 73.6 cm³/mol. The maximum atomic E-state index is 13.8. The van der Waals surface area contributed by atoms with Crippen molar-refractivity contribution in [2.45, 2.75) is 6.54 Å². The molecule has 0 bridgehead atoms. The second kappa shape index (κ2) is 6.21. The van der Waals surface area contributed by atoms with E-state index >= 15 is 0 Å². The molecule has 2 rings (SSSR count). The zero-order valence-corrected chi connectivity index (χ0v) is 11.2. The second-order valence-corrected chi connectivity index (χ2v) is 4.29. The van der Waals surface area contributed by atoms with Gasteiger partial charge in [0.15, 0.2) is 0 Å². The number of nitrogens with one attached hydrogen (secondary N) is 1. The highest BCUT2D eigenvalue weighted by Crippen LogP contribution is 2.24. The number of aromatic carboxylic acids is 1. The average Bonchev–Trinajstić information content (AvgIpc) is 2.46. The van der Waals surface area contributed by atoms with Crippen LogP contribution >= 0.6 is 0 Å². The van der Waals surface area contributed by atoms with E-state index in [1.165, 1.54) is 7.11 Å². The van der Waals surface area contributed by atoms with Gasteiger partial charge in [-0.05, 0) is 18.2 Å². The third kappa shape index (κ3) is 3.28. The Kier molecular flexibility index (Phi) is 4.37. The highest BCUT2D eigenvalue weighted by atomic mass is 19.1. The number of para-hydroxylation sites is 1. The molecule has 0 aliphatic rings. The molecule has 0 heterocycles. The maximum Gasteiger partial charge on any atom is 0.335 e. The van der Waals surface area contributed by atoms with Gasteiger partial charge in [-0.1, -0.05) is 18.2 Å². The van der Waals surface area contributed by atoms with Gasteiger partial charge in [-0.3, -0.25) is 0 Å². The van der Waals surface area contributed by atoms with Gasteiger partial charge < -0.3 is 15.2 Å². The number of ether oxygens (including phenoxy) is 1. The average molecular weight is 293 g/mol. The number of carboxylic acid groups (broad SMARTS) is 1. The van der Waals surface area contributed by atoms with Crippen LogP contribution in [0.1, 0.15) is 15.9 Å². The lowest BCUT2D eigenvalue weighted by atomic mass is 10.1. The number of benzene rings is 2. The van der Waals surface area contributed by atoms with E-state index in [4.69, 9.17) is 9.84 Å². The van der Waals surface area contributed by atoms with Gasteiger partial charge in [0.2, 0.25) is 0 Å². The Morgan fingerprint density at radius 3 is 2.43 bits per heavy atom. The van der Waals surface area contributed by atoms with E-state index in [0.717, 1.165) is 17.7 Å². The number of carbonyl (C=O) groups is 1. The smallest absolute Gasteiger partial charge is 0.335 e. The third-order valence-electron chi connectivity index (χ3n) is 2.94. The molecule has 110 valence electrons. The van der Waals surface area contributed by atoms with Crippen molar-refractivity contribution in [2.24, 2.45) is 0 Å². The molecule has 0 amide bonds. The van der Waals surface area contributed by atoms with Gasteiger partial charge in [0.05, 0.1) is 12.7 Å². The van der Waals surface area contributed by atoms with Crippen molar-refractivity contribution in [1.29, 1.82) is 0 Å². The zero-order chi connectivity index (χ0) is 15.4. The van der Waals surface area contributed by atoms with Crippen LogP contribution in [0.5, 0.6) is 5.75 Å². The molecule has 6 heteroatoms. The number of halogens is 2. The molecule has 21 heavy (non-hydrogen) atoms. The van der Waals surface area contributed by atoms with Gasteiger partial charge in [0.1, 0.15) is 23.1 Å². The lowest BCUT2D eigenvalue weighted by Crippen LogP contribution is -2.07. The lowest BCUT2D eigenvalue weighted by molar-refractivity contribution is 0.0696. The molecule has 0 saturated carbocycles. The summed E-state index contributed by atoms with van der Waals surface area (Å²) in [6.07, 6.45) is 0. The number of hydrogen-bond donors (Lipinski definition) is 2. The van der Waals surface area contributed by atoms with E-state index in [9.17, 15) is 13.6 Å². The van der Waals surface area contributed by atoms with Gasteiger partial charge in [0, 0.05) is 12.1 Å². The van der Waals surface area contributed by atoms with Crippen molar-refractivity contribution in [3.8, 4) is 5.75 Å². The number of rotatable bonds is 5. The number of hydrogen-bond acceptors (Lipinski definition) is 3. The largest absolute Gasteiger partial charge is 0.496 e. The topological polar surface area (TPSA) is 58.6 Å². The number of carboxylic acids is 1. The predicted octanol–water partition coefficient (Wildman–Crippen LogP) is 3.28. The fourth-order valence-corrected chi connectivity index (χ4v) is 1.90. The summed E-state index contributed by atoms with van der Waals surface area (Å²) in [5.74, 6) is -2.71. The summed E-state index contributed by atoms with van der Waals surface area (Å²) in [6, 6.07) is 8.60. The van der Waals surface area contributed by atoms with Gasteiger partial charge in [-0.2, -0.15) is 0 Å². The maximum absolute atomic E-state index is 13.8. The summed E-state index contributed by atoms with van der Waals surface area (Å²) >= 11 is 0. The molecule has 0 radical (unpaired) electrons. The van der Waals surface area contributed by atoms with E-state index in [1.807, 2.05) is 0 Å². The summed E-state index contributed by atoms with van der Waals surface area (Å²) in [7, 11) is 1.50. The van der Waals surface area contributed by atoms with E-state index in [2.05, 4.69) is 5.32 Å². The van der Waals surface area contributed by atoms with Gasteiger partial charge >= 0.3 is 5.97 Å². The summed E-state index contributed by atoms with van der Waals surface area (Å²) < 4.78 is 32.7. The molecular formula is C15H13F2NO3. The minimum absolute atomic E-state index is 0.143. The fraction of sp³-hybridized carbons (Fsp3) is 0.133. The Morgan fingerprint density at radius 1 is 1.24 bits per heavy atom. The van der Waals surface area contributed by atoms with Crippen LogP contribution in [0.25, 0.3) is 0 Å². The molecule has 0 fully saturated rings. The van der Waals surface area contributed by atoms with Gasteiger partial charge in [-0.25, -0.2) is 13.6 Å². The zero-order valence-electron chi connectivity index (χ0n) is 11.2. The summed E-state index contributed by atoms with van der Waals surface area (Å²) in [6.45, 7) is 0.143. The summed E-state index contributed by atoms with van der Waals surface area (Å²) in [5, 5.41) is 11.3. The molecular weight excluding hydrogens is 280 g/mol. The van der Waals surface area contributed by atoms with Crippen LogP contribution in [-0.2, 0) is 6.54 Å². The summed E-state index contributed by atoms with van der Waals surface area (Å²) in [4.78, 5) is 10.7. The SMILES string of the molecule is COc1ccccc1CNc1c(F)cc(C(=O)O)cc1F. The Balaban J connectivity index is 2.22. The van der Waals surface area contributed by atoms with Crippen molar-refractivity contribution < 1.29 is 23.4 Å². The van der Waals surface area contributed by atoms with Crippen molar-refractivity contribution in [1.82, 2.24) is 0 Å². The van der Waals surface area contributed by atoms with Crippen molar-refractivity contribution in [3.05, 3.63) is 59.2 Å². The van der Waals surface area contributed by atoms with Crippen molar-refractivity contribution >= 4 is 11.7 Å². The second-order valence-electron chi connectivity index (χ2n) is 4.29. The fourth-order valence-electron chi connectivity index (χ4n) is 1.90. The first kappa shape index (κ1) is 14.8. The number of methoxy groups -OCH3 is 1. The standard InChI is InChI=1S/C15H13F2NO3/c1-21-13-5-3-2-4-9(13)8-18-14-11(16)6-10(15(19)20)7-12(14)17/h2-7,18H,8H2,1H3,(H,19,20). The van der Waals surface area contributed by atoms with Crippen LogP contribution < -0.4 is 10.1 Å². The van der Waals surface area contributed by atoms with Crippen LogP contribution in [0, 0.1) is 11.6 Å². The third-order valence-corrected chi connectivity index (χ3v) is 2.94. The van der Waals surface area contributed by atoms with Crippen molar-refractivity contribution in [2.75, 3.05) is 12.4 Å². The van der Waals surface area contributed by atoms with Crippen LogP contribution in [-0.4, -0.2) is 18.2 Å². The van der Waals surface area contributed by atoms with Gasteiger partial charge in [-0.15, -0.1) is 0 Å². The molecule has 0 spiro atoms. The first-order valence-electron chi connectivity index (χ1n) is 6.11. The van der Waals surface area contributed by atoms with Crippen LogP contribution in [0.4, 0.5) is 14.5 Å². The Bertz CT molecular complexity index is 651.